The lowest BCUT2D eigenvalue weighted by molar-refractivity contribution is -0.134. The SMILES string of the molecule is NCCCC[C@](N)(C(=O)Cc1ccccn1)C(=O)Nc1ccc(C(c2ccc(NC(=O)[C@](N)(CCCCN)C(=O)Cc3ccccn3)cc2)c2ccc(NC(=O)[C@](N)(CCCCN)C(=O)Cc3ccccn3)cc2)cc1. The van der Waals surface area contributed by atoms with Crippen molar-refractivity contribution in [2.24, 2.45) is 34.4 Å². The number of unbranched alkanes of at least 4 members (excludes halogenated alkanes) is 3. The van der Waals surface area contributed by atoms with Crippen molar-refractivity contribution in [1.82, 2.24) is 15.0 Å². The quantitative estimate of drug-likeness (QED) is 0.0167. The fraction of sp³-hybridized carbons (Fsp3) is 0.328. The fourth-order valence-corrected chi connectivity index (χ4v) is 8.84. The van der Waals surface area contributed by atoms with Crippen molar-refractivity contribution in [3.05, 3.63) is 180 Å². The van der Waals surface area contributed by atoms with Crippen LogP contribution >= 0.6 is 0 Å². The molecule has 0 unspecified atom stereocenters. The number of hydrogen-bond donors (Lipinski definition) is 9. The molecule has 3 aromatic heterocycles. The summed E-state index contributed by atoms with van der Waals surface area (Å²) in [5.41, 5.74) is 36.7. The van der Waals surface area contributed by atoms with E-state index >= 15 is 0 Å². The summed E-state index contributed by atoms with van der Waals surface area (Å²) >= 11 is 0. The Morgan fingerprint density at radius 2 is 0.645 bits per heavy atom. The number of Topliss-reactive ketones (excluding diaryl/α,β-unsaturated/α-hetero) is 3. The molecule has 3 heterocycles. The maximum atomic E-state index is 14.0. The van der Waals surface area contributed by atoms with Crippen molar-refractivity contribution >= 4 is 52.1 Å². The third-order valence-corrected chi connectivity index (χ3v) is 13.5. The zero-order valence-corrected chi connectivity index (χ0v) is 42.8. The second-order valence-electron chi connectivity index (χ2n) is 19.1. The number of amides is 3. The van der Waals surface area contributed by atoms with Gasteiger partial charge in [0, 0.05) is 58.7 Å². The van der Waals surface area contributed by atoms with E-state index in [2.05, 4.69) is 30.9 Å². The van der Waals surface area contributed by atoms with Crippen molar-refractivity contribution in [2.45, 2.75) is 99.6 Å². The lowest BCUT2D eigenvalue weighted by atomic mass is 9.84. The average Bonchev–Trinajstić information content (AvgIpc) is 3.43. The van der Waals surface area contributed by atoms with Crippen molar-refractivity contribution in [3.63, 3.8) is 0 Å². The van der Waals surface area contributed by atoms with Crippen LogP contribution in [-0.4, -0.2) is 86.3 Å². The first-order valence-corrected chi connectivity index (χ1v) is 25.6. The lowest BCUT2D eigenvalue weighted by Gasteiger charge is -2.27. The van der Waals surface area contributed by atoms with E-state index in [-0.39, 0.29) is 38.5 Å². The second-order valence-corrected chi connectivity index (χ2v) is 19.1. The summed E-state index contributed by atoms with van der Waals surface area (Å²) in [6.45, 7) is 1.13. The zero-order chi connectivity index (χ0) is 54.6. The largest absolute Gasteiger partial charge is 0.330 e. The summed E-state index contributed by atoms with van der Waals surface area (Å²) in [5, 5.41) is 8.60. The molecule has 3 aromatic carbocycles. The van der Waals surface area contributed by atoms with E-state index in [1.165, 1.54) is 0 Å². The van der Waals surface area contributed by atoms with Crippen LogP contribution in [0.1, 0.15) is 97.5 Å². The molecule has 0 spiro atoms. The van der Waals surface area contributed by atoms with E-state index in [0.29, 0.717) is 92.3 Å². The van der Waals surface area contributed by atoms with Gasteiger partial charge in [-0.3, -0.25) is 43.7 Å². The lowest BCUT2D eigenvalue weighted by Crippen LogP contribution is -2.58. The van der Waals surface area contributed by atoms with Crippen molar-refractivity contribution in [3.8, 4) is 0 Å². The highest BCUT2D eigenvalue weighted by atomic mass is 16.2. The Kier molecular flexibility index (Phi) is 21.0. The number of benzene rings is 3. The summed E-state index contributed by atoms with van der Waals surface area (Å²) in [7, 11) is 0. The summed E-state index contributed by atoms with van der Waals surface area (Å²) in [6, 6.07) is 36.9. The molecule has 0 saturated carbocycles. The number of nitrogens with one attached hydrogen (secondary N) is 3. The van der Waals surface area contributed by atoms with E-state index in [1.807, 2.05) is 36.4 Å². The van der Waals surface area contributed by atoms with Crippen LogP contribution in [0.15, 0.2) is 146 Å². The highest BCUT2D eigenvalue weighted by Gasteiger charge is 2.43. The minimum Gasteiger partial charge on any atom is -0.330 e. The third-order valence-electron chi connectivity index (χ3n) is 13.5. The minimum atomic E-state index is -1.86. The van der Waals surface area contributed by atoms with Crippen molar-refractivity contribution in [2.75, 3.05) is 35.6 Å². The molecule has 6 aromatic rings. The first-order chi connectivity index (χ1) is 36.6. The number of pyridine rings is 3. The number of nitrogens with two attached hydrogens (primary N) is 6. The molecule has 76 heavy (non-hydrogen) atoms. The van der Waals surface area contributed by atoms with Gasteiger partial charge in [0.05, 0.1) is 19.3 Å². The van der Waals surface area contributed by atoms with Crippen LogP contribution in [0.5, 0.6) is 0 Å². The Labute approximate surface area is 443 Å². The Balaban J connectivity index is 1.29. The highest BCUT2D eigenvalue weighted by molar-refractivity contribution is 6.17. The molecule has 0 aliphatic rings. The maximum Gasteiger partial charge on any atom is 0.252 e. The topological polar surface area (TPSA) is 333 Å². The average molecular weight is 1030 g/mol. The molecular formula is C58H70N12O6. The van der Waals surface area contributed by atoms with E-state index in [9.17, 15) is 28.8 Å². The Bertz CT molecular complexity index is 2550. The van der Waals surface area contributed by atoms with Crippen LogP contribution in [-0.2, 0) is 48.0 Å². The van der Waals surface area contributed by atoms with Crippen molar-refractivity contribution in [1.29, 1.82) is 0 Å². The minimum absolute atomic E-state index is 0.0822. The molecule has 0 aliphatic carbocycles. The van der Waals surface area contributed by atoms with Gasteiger partial charge >= 0.3 is 0 Å². The van der Waals surface area contributed by atoms with Crippen LogP contribution in [0.2, 0.25) is 0 Å². The van der Waals surface area contributed by atoms with Gasteiger partial charge in [0.25, 0.3) is 17.7 Å². The summed E-state index contributed by atoms with van der Waals surface area (Å²) in [6.07, 6.45) is 7.67. The van der Waals surface area contributed by atoms with Gasteiger partial charge in [0.1, 0.15) is 0 Å². The summed E-state index contributed by atoms with van der Waals surface area (Å²) in [5.74, 6) is -3.89. The fourth-order valence-electron chi connectivity index (χ4n) is 8.84. The molecule has 3 amide bonds. The van der Waals surface area contributed by atoms with Gasteiger partial charge in [-0.2, -0.15) is 0 Å². The third kappa shape index (κ3) is 15.2. The number of nitrogens with zero attached hydrogens (tertiary/aromatic N) is 3. The molecule has 0 saturated heterocycles. The maximum absolute atomic E-state index is 14.0. The molecule has 0 fully saturated rings. The molecule has 398 valence electrons. The molecule has 0 radical (unpaired) electrons. The van der Waals surface area contributed by atoms with E-state index in [4.69, 9.17) is 34.4 Å². The van der Waals surface area contributed by atoms with Gasteiger partial charge in [-0.15, -0.1) is 0 Å². The van der Waals surface area contributed by atoms with Crippen LogP contribution in [0, 0.1) is 0 Å². The highest BCUT2D eigenvalue weighted by Crippen LogP contribution is 2.35. The second kappa shape index (κ2) is 27.7. The van der Waals surface area contributed by atoms with Crippen LogP contribution in [0.25, 0.3) is 0 Å². The van der Waals surface area contributed by atoms with Gasteiger partial charge < -0.3 is 50.4 Å². The molecule has 3 atom stereocenters. The summed E-state index contributed by atoms with van der Waals surface area (Å²) in [4.78, 5) is 95.9. The smallest absolute Gasteiger partial charge is 0.252 e. The molecule has 6 rings (SSSR count). The van der Waals surface area contributed by atoms with E-state index in [1.54, 1.807) is 110 Å². The molecule has 15 N–H and O–H groups in total. The Morgan fingerprint density at radius 1 is 0.382 bits per heavy atom. The van der Waals surface area contributed by atoms with E-state index in [0.717, 1.165) is 16.7 Å². The predicted octanol–water partition coefficient (Wildman–Crippen LogP) is 4.78. The van der Waals surface area contributed by atoms with Crippen LogP contribution in [0.4, 0.5) is 17.1 Å². The van der Waals surface area contributed by atoms with Crippen LogP contribution in [0.3, 0.4) is 0 Å². The van der Waals surface area contributed by atoms with E-state index < -0.39 is 57.6 Å². The first kappa shape index (κ1) is 57.6. The van der Waals surface area contributed by atoms with Crippen molar-refractivity contribution < 1.29 is 28.8 Å². The number of anilines is 3. The first-order valence-electron chi connectivity index (χ1n) is 25.6. The summed E-state index contributed by atoms with van der Waals surface area (Å²) < 4.78 is 0. The number of ketones is 3. The molecule has 18 nitrogen and oxygen atoms in total. The normalized spacial score (nSPS) is 13.6. The molecular weight excluding hydrogens is 961 g/mol. The molecule has 18 heteroatoms. The molecule has 0 bridgehead atoms. The van der Waals surface area contributed by atoms with Gasteiger partial charge in [-0.05, 0) is 167 Å². The number of carbonyl (C=O) groups excluding carboxylic acids is 6. The number of carbonyl (C=O) groups is 6. The molecule has 0 aliphatic heterocycles. The van der Waals surface area contributed by atoms with Crippen LogP contribution < -0.4 is 50.4 Å². The predicted molar refractivity (Wildman–Crippen MR) is 294 cm³/mol. The number of rotatable bonds is 30. The van der Waals surface area contributed by atoms with Gasteiger partial charge in [-0.25, -0.2) is 0 Å². The van der Waals surface area contributed by atoms with Gasteiger partial charge in [0.2, 0.25) is 0 Å². The Hall–Kier alpha value is -7.71. The number of aromatic nitrogens is 3. The number of hydrogen-bond acceptors (Lipinski definition) is 15. The monoisotopic (exact) mass is 1030 g/mol. The van der Waals surface area contributed by atoms with Gasteiger partial charge in [-0.1, -0.05) is 54.6 Å². The Morgan fingerprint density at radius 3 is 0.868 bits per heavy atom. The standard InChI is InChI=1S/C58H70N12O6/c59-31-7-4-28-56(62,49(71)37-46-13-1-10-34-65-46)53(74)68-43-22-16-40(17-23-43)52(41-18-24-44(25-19-41)69-54(75)57(63,29-5-8-32-60)50(72)38-47-14-2-11-35-66-47)42-20-26-45(27-21-42)70-55(76)58(64,30-6-9-33-61)51(73)39-48-15-3-12-36-67-48/h1-3,10-27,34-36,52H,4-9,28-33,37-39,59-64H2,(H,68,74)(H,69,75)(H,70,76)/t56-,57-,58-/m0/s1. The zero-order valence-electron chi connectivity index (χ0n) is 42.8. The van der Waals surface area contributed by atoms with Gasteiger partial charge in [0.15, 0.2) is 34.0 Å².